The Morgan fingerprint density at radius 3 is 2.94 bits per heavy atom. The molecule has 0 aliphatic carbocycles. The fraction of sp³-hybridized carbons (Fsp3) is 0.500. The molecule has 0 aromatic carbocycles. The first-order chi connectivity index (χ1) is 7.65. The predicted molar refractivity (Wildman–Crippen MR) is 66.2 cm³/mol. The minimum absolute atomic E-state index is 0.00556. The fourth-order valence-electron chi connectivity index (χ4n) is 1.18. The monoisotopic (exact) mass is 260 g/mol. The third-order valence-electron chi connectivity index (χ3n) is 1.98. The molecule has 0 aliphatic heterocycles. The molecule has 0 atom stereocenters. The molecule has 0 N–H and O–H groups in total. The van der Waals surface area contributed by atoms with Crippen LogP contribution >= 0.6 is 23.4 Å². The van der Waals surface area contributed by atoms with Crippen molar-refractivity contribution in [2.45, 2.75) is 31.2 Å². The molecular weight excluding hydrogens is 248 g/mol. The van der Waals surface area contributed by atoms with E-state index in [-0.39, 0.29) is 5.69 Å². The summed E-state index contributed by atoms with van der Waals surface area (Å²) in [7, 11) is 0. The third-order valence-corrected chi connectivity index (χ3v) is 3.27. The molecule has 88 valence electrons. The number of rotatable bonds is 6. The molecule has 0 unspecified atom stereocenters. The Kier molecular flexibility index (Phi) is 5.55. The Morgan fingerprint density at radius 2 is 2.31 bits per heavy atom. The molecule has 4 nitrogen and oxygen atoms in total. The fourth-order valence-corrected chi connectivity index (χ4v) is 2.28. The van der Waals surface area contributed by atoms with Crippen LogP contribution in [0.5, 0.6) is 0 Å². The van der Waals surface area contributed by atoms with Crippen molar-refractivity contribution in [2.24, 2.45) is 0 Å². The van der Waals surface area contributed by atoms with Crippen LogP contribution in [0.1, 0.15) is 26.2 Å². The van der Waals surface area contributed by atoms with E-state index in [0.717, 1.165) is 25.0 Å². The van der Waals surface area contributed by atoms with E-state index in [2.05, 4.69) is 11.9 Å². The SMILES string of the molecule is CCCCCSc1ncc(Cl)cc1[N+](=O)[O-]. The third kappa shape index (κ3) is 3.98. The van der Waals surface area contributed by atoms with Gasteiger partial charge in [-0.15, -0.1) is 0 Å². The average molecular weight is 261 g/mol. The lowest BCUT2D eigenvalue weighted by Crippen LogP contribution is -1.94. The summed E-state index contributed by atoms with van der Waals surface area (Å²) in [4.78, 5) is 14.3. The van der Waals surface area contributed by atoms with Crippen LogP contribution in [-0.2, 0) is 0 Å². The molecule has 0 spiro atoms. The molecule has 0 amide bonds. The Labute approximate surface area is 104 Å². The maximum Gasteiger partial charge on any atom is 0.302 e. The van der Waals surface area contributed by atoms with E-state index in [1.165, 1.54) is 24.0 Å². The molecule has 16 heavy (non-hydrogen) atoms. The summed E-state index contributed by atoms with van der Waals surface area (Å²) in [5.41, 5.74) is -0.00556. The molecule has 0 bridgehead atoms. The second-order valence-electron chi connectivity index (χ2n) is 3.29. The second-order valence-corrected chi connectivity index (χ2v) is 4.81. The number of halogens is 1. The van der Waals surface area contributed by atoms with Gasteiger partial charge in [-0.3, -0.25) is 10.1 Å². The molecule has 1 aromatic rings. The molecule has 1 aromatic heterocycles. The lowest BCUT2D eigenvalue weighted by Gasteiger charge is -2.01. The highest BCUT2D eigenvalue weighted by Crippen LogP contribution is 2.29. The standard InChI is InChI=1S/C10H13ClN2O2S/c1-2-3-4-5-16-10-9(13(14)15)6-8(11)7-12-10/h6-7H,2-5H2,1H3. The van der Waals surface area contributed by atoms with Gasteiger partial charge in [-0.25, -0.2) is 4.98 Å². The number of nitrogens with zero attached hydrogens (tertiary/aromatic N) is 2. The molecule has 1 heterocycles. The summed E-state index contributed by atoms with van der Waals surface area (Å²) in [6, 6.07) is 1.34. The van der Waals surface area contributed by atoms with Crippen LogP contribution in [0.25, 0.3) is 0 Å². The van der Waals surface area contributed by atoms with Crippen LogP contribution in [0.2, 0.25) is 5.02 Å². The Balaban J connectivity index is 2.67. The van der Waals surface area contributed by atoms with Crippen molar-refractivity contribution in [3.63, 3.8) is 0 Å². The van der Waals surface area contributed by atoms with E-state index in [1.54, 1.807) is 0 Å². The van der Waals surface area contributed by atoms with Gasteiger partial charge < -0.3 is 0 Å². The van der Waals surface area contributed by atoms with E-state index in [0.29, 0.717) is 10.0 Å². The predicted octanol–water partition coefficient (Wildman–Crippen LogP) is 3.93. The van der Waals surface area contributed by atoms with Gasteiger partial charge in [-0.2, -0.15) is 0 Å². The second kappa shape index (κ2) is 6.70. The molecule has 0 aliphatic rings. The lowest BCUT2D eigenvalue weighted by atomic mass is 10.3. The van der Waals surface area contributed by atoms with Crippen molar-refractivity contribution < 1.29 is 4.92 Å². The largest absolute Gasteiger partial charge is 0.302 e. The summed E-state index contributed by atoms with van der Waals surface area (Å²) in [6.45, 7) is 2.12. The van der Waals surface area contributed by atoms with Crippen molar-refractivity contribution in [1.29, 1.82) is 0 Å². The van der Waals surface area contributed by atoms with Gasteiger partial charge in [0.05, 0.1) is 9.95 Å². The van der Waals surface area contributed by atoms with E-state index in [9.17, 15) is 10.1 Å². The van der Waals surface area contributed by atoms with Gasteiger partial charge in [-0.1, -0.05) is 43.1 Å². The highest BCUT2D eigenvalue weighted by molar-refractivity contribution is 7.99. The van der Waals surface area contributed by atoms with E-state index < -0.39 is 4.92 Å². The van der Waals surface area contributed by atoms with E-state index >= 15 is 0 Å². The molecule has 0 saturated heterocycles. The number of hydrogen-bond donors (Lipinski definition) is 0. The van der Waals surface area contributed by atoms with Crippen LogP contribution in [0, 0.1) is 10.1 Å². The summed E-state index contributed by atoms with van der Waals surface area (Å²) in [5.74, 6) is 0.851. The molecule has 0 fully saturated rings. The summed E-state index contributed by atoms with van der Waals surface area (Å²) >= 11 is 7.08. The summed E-state index contributed by atoms with van der Waals surface area (Å²) in [6.07, 6.45) is 4.75. The van der Waals surface area contributed by atoms with Crippen LogP contribution in [-0.4, -0.2) is 15.7 Å². The first kappa shape index (κ1) is 13.3. The smallest absolute Gasteiger partial charge is 0.258 e. The zero-order valence-electron chi connectivity index (χ0n) is 8.98. The van der Waals surface area contributed by atoms with Crippen LogP contribution in [0.4, 0.5) is 5.69 Å². The van der Waals surface area contributed by atoms with Crippen molar-refractivity contribution in [3.8, 4) is 0 Å². The lowest BCUT2D eigenvalue weighted by molar-refractivity contribution is -0.388. The first-order valence-electron chi connectivity index (χ1n) is 5.08. The Hall–Kier alpha value is -0.810. The molecule has 0 saturated carbocycles. The van der Waals surface area contributed by atoms with Gasteiger partial charge in [0.15, 0.2) is 5.03 Å². The topological polar surface area (TPSA) is 56.0 Å². The molecular formula is C10H13ClN2O2S. The first-order valence-corrected chi connectivity index (χ1v) is 6.44. The van der Waals surface area contributed by atoms with Crippen LogP contribution < -0.4 is 0 Å². The van der Waals surface area contributed by atoms with Gasteiger partial charge >= 0.3 is 5.69 Å². The summed E-state index contributed by atoms with van der Waals surface area (Å²) < 4.78 is 0. The van der Waals surface area contributed by atoms with Crippen LogP contribution in [0.15, 0.2) is 17.3 Å². The van der Waals surface area contributed by atoms with Gasteiger partial charge in [0.25, 0.3) is 0 Å². The normalized spacial score (nSPS) is 10.4. The number of hydrogen-bond acceptors (Lipinski definition) is 4. The molecule has 6 heteroatoms. The number of aromatic nitrogens is 1. The Bertz CT molecular complexity index is 374. The van der Waals surface area contributed by atoms with Crippen molar-refractivity contribution in [1.82, 2.24) is 4.98 Å². The van der Waals surface area contributed by atoms with Gasteiger partial charge in [0.2, 0.25) is 0 Å². The minimum atomic E-state index is -0.443. The molecule has 0 radical (unpaired) electrons. The summed E-state index contributed by atoms with van der Waals surface area (Å²) in [5, 5.41) is 11.5. The zero-order chi connectivity index (χ0) is 12.0. The highest BCUT2D eigenvalue weighted by Gasteiger charge is 2.15. The van der Waals surface area contributed by atoms with Crippen LogP contribution in [0.3, 0.4) is 0 Å². The minimum Gasteiger partial charge on any atom is -0.258 e. The number of pyridine rings is 1. The number of nitro groups is 1. The van der Waals surface area contributed by atoms with Gasteiger partial charge in [-0.05, 0) is 12.2 Å². The van der Waals surface area contributed by atoms with Gasteiger partial charge in [0.1, 0.15) is 0 Å². The quantitative estimate of drug-likeness (QED) is 0.337. The Morgan fingerprint density at radius 1 is 1.56 bits per heavy atom. The van der Waals surface area contributed by atoms with Crippen molar-refractivity contribution in [3.05, 3.63) is 27.4 Å². The van der Waals surface area contributed by atoms with E-state index in [1.807, 2.05) is 0 Å². The van der Waals surface area contributed by atoms with Crippen molar-refractivity contribution >= 4 is 29.1 Å². The zero-order valence-corrected chi connectivity index (χ0v) is 10.6. The number of thioether (sulfide) groups is 1. The average Bonchev–Trinajstić information content (AvgIpc) is 2.26. The van der Waals surface area contributed by atoms with E-state index in [4.69, 9.17) is 11.6 Å². The maximum atomic E-state index is 10.8. The van der Waals surface area contributed by atoms with Crippen molar-refractivity contribution in [2.75, 3.05) is 5.75 Å². The molecule has 1 rings (SSSR count). The van der Waals surface area contributed by atoms with Gasteiger partial charge in [0, 0.05) is 12.3 Å². The number of unbranched alkanes of at least 4 members (excludes halogenated alkanes) is 2. The highest BCUT2D eigenvalue weighted by atomic mass is 35.5. The maximum absolute atomic E-state index is 10.8.